The summed E-state index contributed by atoms with van der Waals surface area (Å²) in [5, 5.41) is 26.2. The molecule has 1 aromatic heterocycles. The molecule has 11 nitrogen and oxygen atoms in total. The molecule has 0 aliphatic carbocycles. The number of carbonyl (C=O) groups is 2. The van der Waals surface area contributed by atoms with Gasteiger partial charge >= 0.3 is 5.97 Å². The van der Waals surface area contributed by atoms with Crippen LogP contribution >= 0.6 is 0 Å². The Bertz CT molecular complexity index is 1400. The summed E-state index contributed by atoms with van der Waals surface area (Å²) in [4.78, 5) is 30.9. The van der Waals surface area contributed by atoms with Gasteiger partial charge in [-0.05, 0) is 37.0 Å². The summed E-state index contributed by atoms with van der Waals surface area (Å²) in [5.41, 5.74) is 8.40. The van der Waals surface area contributed by atoms with E-state index in [0.717, 1.165) is 16.5 Å². The van der Waals surface area contributed by atoms with E-state index in [1.807, 2.05) is 17.0 Å². The number of pyridine rings is 1. The van der Waals surface area contributed by atoms with Crippen molar-refractivity contribution >= 4 is 28.5 Å². The molecule has 2 aromatic rings. The molecule has 4 aliphatic heterocycles. The van der Waals surface area contributed by atoms with Crippen molar-refractivity contribution in [2.45, 2.75) is 44.6 Å². The minimum atomic E-state index is -1.83. The number of amides is 1. The Kier molecular flexibility index (Phi) is 5.59. The van der Waals surface area contributed by atoms with E-state index < -0.39 is 17.8 Å². The van der Waals surface area contributed by atoms with Crippen molar-refractivity contribution in [1.29, 1.82) is 0 Å². The molecule has 194 valence electrons. The predicted molar refractivity (Wildman–Crippen MR) is 131 cm³/mol. The smallest absolute Gasteiger partial charge is 0.343 e. The highest BCUT2D eigenvalue weighted by Crippen LogP contribution is 2.47. The molecule has 0 spiro atoms. The van der Waals surface area contributed by atoms with Crippen LogP contribution in [-0.4, -0.2) is 70.3 Å². The number of hydrogen-bond donors (Lipinski definition) is 4. The van der Waals surface area contributed by atoms with Crippen LogP contribution in [0.5, 0.6) is 11.5 Å². The van der Waals surface area contributed by atoms with Gasteiger partial charge < -0.3 is 40.4 Å². The van der Waals surface area contributed by atoms with E-state index in [1.165, 1.54) is 0 Å². The van der Waals surface area contributed by atoms with Crippen molar-refractivity contribution < 1.29 is 34.0 Å². The Hall–Kier alpha value is -3.67. The van der Waals surface area contributed by atoms with E-state index in [1.54, 1.807) is 13.0 Å². The van der Waals surface area contributed by atoms with Crippen LogP contribution in [0.25, 0.3) is 16.6 Å². The molecule has 0 saturated heterocycles. The summed E-state index contributed by atoms with van der Waals surface area (Å²) in [6.07, 6.45) is 2.10. The van der Waals surface area contributed by atoms with Gasteiger partial charge in [0.05, 0.1) is 23.5 Å². The third-order valence-corrected chi connectivity index (χ3v) is 7.58. The molecule has 1 unspecified atom stereocenters. The van der Waals surface area contributed by atoms with E-state index in [-0.39, 0.29) is 32.3 Å². The molecule has 0 radical (unpaired) electrons. The highest BCUT2D eigenvalue weighted by atomic mass is 16.7. The maximum absolute atomic E-state index is 12.5. The molecule has 1 amide bonds. The number of aromatic nitrogens is 1. The van der Waals surface area contributed by atoms with Gasteiger partial charge in [-0.3, -0.25) is 4.79 Å². The van der Waals surface area contributed by atoms with Gasteiger partial charge in [-0.2, -0.15) is 0 Å². The quantitative estimate of drug-likeness (QED) is 0.319. The lowest BCUT2D eigenvalue weighted by Gasteiger charge is -2.40. The zero-order valence-corrected chi connectivity index (χ0v) is 20.4. The van der Waals surface area contributed by atoms with Gasteiger partial charge in [-0.25, -0.2) is 9.78 Å². The predicted octanol–water partition coefficient (Wildman–Crippen LogP) is 0.454. The number of benzene rings is 1. The van der Waals surface area contributed by atoms with Crippen LogP contribution in [0.1, 0.15) is 36.6 Å². The molecule has 37 heavy (non-hydrogen) atoms. The van der Waals surface area contributed by atoms with Crippen LogP contribution in [0.4, 0.5) is 0 Å². The number of hydrogen-bond acceptors (Lipinski definition) is 10. The minimum Gasteiger partial charge on any atom is -0.459 e. The maximum atomic E-state index is 12.5. The second-order valence-electron chi connectivity index (χ2n) is 9.56. The summed E-state index contributed by atoms with van der Waals surface area (Å²) in [7, 11) is 0. The molecule has 0 bridgehead atoms. The van der Waals surface area contributed by atoms with Gasteiger partial charge in [0, 0.05) is 41.3 Å². The molecule has 0 saturated carbocycles. The van der Waals surface area contributed by atoms with Gasteiger partial charge in [0.25, 0.3) is 0 Å². The topological polar surface area (TPSA) is 156 Å². The number of carbonyl (C=O) groups excluding carboxylic acids is 2. The fraction of sp³-hybridized carbons (Fsp3) is 0.423. The average Bonchev–Trinajstić information content (AvgIpc) is 3.51. The van der Waals surface area contributed by atoms with Crippen molar-refractivity contribution in [2.75, 3.05) is 26.5 Å². The van der Waals surface area contributed by atoms with Gasteiger partial charge in [0.2, 0.25) is 12.7 Å². The Morgan fingerprint density at radius 1 is 1.30 bits per heavy atom. The first-order valence-corrected chi connectivity index (χ1v) is 12.4. The largest absolute Gasteiger partial charge is 0.459 e. The second kappa shape index (κ2) is 8.72. The van der Waals surface area contributed by atoms with Crippen LogP contribution in [-0.2, 0) is 27.3 Å². The monoisotopic (exact) mass is 508 g/mol. The number of aliphatic hydroxyl groups is 2. The minimum absolute atomic E-state index is 0.0634. The molecule has 1 aromatic carbocycles. The Balaban J connectivity index is 1.47. The number of nitrogens with two attached hydrogens (primary N) is 1. The first-order valence-electron chi connectivity index (χ1n) is 12.4. The van der Waals surface area contributed by atoms with Crippen LogP contribution in [0.2, 0.25) is 0 Å². The average molecular weight is 509 g/mol. The van der Waals surface area contributed by atoms with E-state index in [0.29, 0.717) is 65.5 Å². The normalized spacial score (nSPS) is 23.5. The summed E-state index contributed by atoms with van der Waals surface area (Å²) >= 11 is 0. The van der Waals surface area contributed by atoms with Crippen molar-refractivity contribution in [2.24, 2.45) is 5.73 Å². The number of aryl methyl sites for hydroxylation is 1. The summed E-state index contributed by atoms with van der Waals surface area (Å²) in [5.74, 6) is 0.316. The molecule has 2 atom stereocenters. The van der Waals surface area contributed by atoms with Crippen molar-refractivity contribution in [3.05, 3.63) is 46.2 Å². The number of cyclic esters (lactones) is 1. The maximum Gasteiger partial charge on any atom is 0.343 e. The number of aliphatic hydroxyl groups excluding tert-OH is 1. The van der Waals surface area contributed by atoms with E-state index in [4.69, 9.17) is 24.9 Å². The number of rotatable bonds is 6. The highest BCUT2D eigenvalue weighted by molar-refractivity contribution is 5.92. The molecule has 4 aliphatic rings. The fourth-order valence-electron chi connectivity index (χ4n) is 5.55. The number of esters is 1. The molecule has 6 rings (SSSR count). The third-order valence-electron chi connectivity index (χ3n) is 7.58. The number of ether oxygens (including phenoxy) is 3. The number of fused-ring (bicyclic) bond motifs is 5. The second-order valence-corrected chi connectivity index (χ2v) is 9.56. The van der Waals surface area contributed by atoms with Crippen LogP contribution in [0.3, 0.4) is 0 Å². The molecule has 5 heterocycles. The lowest BCUT2D eigenvalue weighted by Crippen LogP contribution is -2.50. The zero-order valence-electron chi connectivity index (χ0n) is 20.4. The summed E-state index contributed by atoms with van der Waals surface area (Å²) < 4.78 is 16.4. The van der Waals surface area contributed by atoms with E-state index in [2.05, 4.69) is 5.32 Å². The molecular formula is C26H28N4O7. The lowest BCUT2D eigenvalue weighted by molar-refractivity contribution is -0.164. The standard InChI is InChI=1S/C26H28N4O7/c1-2-26(34)17-7-19-23-15(10-30(19)24(32)16(17)11-35-25(26)33)13(4-3-5-28-22(31)9-27)14-6-20-21(37-12-36-20)8-18(14)29-23/h6-8,24,32,34H,2-5,9-12,27H2,1H3,(H,28,31)/t24?,26-/m0/s1. The van der Waals surface area contributed by atoms with Crippen LogP contribution < -0.4 is 20.5 Å². The zero-order chi connectivity index (χ0) is 25.9. The van der Waals surface area contributed by atoms with Crippen molar-refractivity contribution in [3.63, 3.8) is 0 Å². The van der Waals surface area contributed by atoms with Gasteiger partial charge in [-0.15, -0.1) is 0 Å². The van der Waals surface area contributed by atoms with Crippen molar-refractivity contribution in [3.8, 4) is 11.5 Å². The van der Waals surface area contributed by atoms with Crippen molar-refractivity contribution in [1.82, 2.24) is 15.2 Å². The molecule has 5 N–H and O–H groups in total. The van der Waals surface area contributed by atoms with Gasteiger partial charge in [-0.1, -0.05) is 6.92 Å². The first kappa shape index (κ1) is 23.7. The van der Waals surface area contributed by atoms with Gasteiger partial charge in [0.1, 0.15) is 6.61 Å². The summed E-state index contributed by atoms with van der Waals surface area (Å²) in [6, 6.07) is 3.76. The Labute approximate surface area is 212 Å². The van der Waals surface area contributed by atoms with Gasteiger partial charge in [0.15, 0.2) is 23.3 Å². The fourth-order valence-corrected chi connectivity index (χ4v) is 5.55. The SMILES string of the molecule is CC[C@@]1(O)C(=O)OCC2=C1C=C1c3nc4cc5c(cc4c(CCCNC(=O)CN)c3CN1C2O)OCO5. The number of nitrogens with one attached hydrogen (secondary N) is 1. The lowest BCUT2D eigenvalue weighted by atomic mass is 9.82. The first-order chi connectivity index (χ1) is 17.9. The van der Waals surface area contributed by atoms with E-state index >= 15 is 0 Å². The van der Waals surface area contributed by atoms with Crippen LogP contribution in [0, 0.1) is 0 Å². The third kappa shape index (κ3) is 3.57. The highest BCUT2D eigenvalue weighted by Gasteiger charge is 2.49. The molecule has 0 fully saturated rings. The van der Waals surface area contributed by atoms with E-state index in [9.17, 15) is 19.8 Å². The Morgan fingerprint density at radius 2 is 2.08 bits per heavy atom. The molecular weight excluding hydrogens is 480 g/mol. The summed E-state index contributed by atoms with van der Waals surface area (Å²) in [6.45, 7) is 2.55. The molecule has 11 heteroatoms. The Morgan fingerprint density at radius 3 is 2.84 bits per heavy atom. The van der Waals surface area contributed by atoms with Crippen LogP contribution in [0.15, 0.2) is 29.4 Å². The number of nitrogens with zero attached hydrogens (tertiary/aromatic N) is 2.